The second-order valence-corrected chi connectivity index (χ2v) is 9.10. The number of hydrogen-bond donors (Lipinski definition) is 1. The Kier molecular flexibility index (Phi) is 5.55. The highest BCUT2D eigenvalue weighted by Gasteiger charge is 2.50. The van der Waals surface area contributed by atoms with Crippen LogP contribution < -0.4 is 28.7 Å². The van der Waals surface area contributed by atoms with E-state index in [1.807, 2.05) is 59.6 Å². The molecule has 9 heteroatoms. The van der Waals surface area contributed by atoms with Crippen LogP contribution in [-0.2, 0) is 4.79 Å². The topological polar surface area (TPSA) is 99.1 Å². The highest BCUT2D eigenvalue weighted by Crippen LogP contribution is 2.52. The number of carboxylic acid groups (broad SMARTS) is 1. The third kappa shape index (κ3) is 3.61. The highest BCUT2D eigenvalue weighted by molar-refractivity contribution is 6.09. The zero-order chi connectivity index (χ0) is 25.7. The van der Waals surface area contributed by atoms with Crippen molar-refractivity contribution in [2.24, 2.45) is 16.9 Å². The standard InChI is InChI=1S/C28H26N2O7/c1-33-22-9-15(10-23(34-2)27(22)35-3)24-17-11-20-21(37-14-36-20)12-18(17)26-19(25(24)28(31)32)13-30(29-26)16-7-5-4-6-8-16/h4-12,19,24-25H,13-14H2,1-3H3,(H,31,32)/t19-,24-,25-/m0/s1. The number of carboxylic acids is 1. The van der Waals surface area contributed by atoms with Gasteiger partial charge in [0, 0.05) is 17.4 Å². The summed E-state index contributed by atoms with van der Waals surface area (Å²) >= 11 is 0. The van der Waals surface area contributed by atoms with E-state index in [9.17, 15) is 9.90 Å². The Morgan fingerprint density at radius 3 is 2.27 bits per heavy atom. The molecule has 0 amide bonds. The van der Waals surface area contributed by atoms with Gasteiger partial charge in [-0.2, -0.15) is 5.10 Å². The van der Waals surface area contributed by atoms with Gasteiger partial charge >= 0.3 is 5.97 Å². The summed E-state index contributed by atoms with van der Waals surface area (Å²) in [5.74, 6) is -0.0446. The van der Waals surface area contributed by atoms with Crippen molar-refractivity contribution in [3.8, 4) is 28.7 Å². The molecule has 0 fully saturated rings. The molecular formula is C28H26N2O7. The fourth-order valence-corrected chi connectivity index (χ4v) is 5.66. The van der Waals surface area contributed by atoms with Crippen LogP contribution in [0.2, 0.25) is 0 Å². The molecule has 1 aliphatic carbocycles. The lowest BCUT2D eigenvalue weighted by Gasteiger charge is -2.36. The number of para-hydroxylation sites is 1. The molecule has 0 radical (unpaired) electrons. The van der Waals surface area contributed by atoms with Gasteiger partial charge in [0.1, 0.15) is 0 Å². The second kappa shape index (κ2) is 8.92. The van der Waals surface area contributed by atoms with Crippen molar-refractivity contribution in [1.29, 1.82) is 0 Å². The summed E-state index contributed by atoms with van der Waals surface area (Å²) in [4.78, 5) is 13.0. The number of methoxy groups -OCH3 is 3. The van der Waals surface area contributed by atoms with Crippen LogP contribution in [0.4, 0.5) is 5.69 Å². The van der Waals surface area contributed by atoms with Gasteiger partial charge in [0.15, 0.2) is 23.0 Å². The Bertz CT molecular complexity index is 1380. The van der Waals surface area contributed by atoms with Crippen LogP contribution >= 0.6 is 0 Å². The maximum Gasteiger partial charge on any atom is 0.308 e. The van der Waals surface area contributed by atoms with Crippen LogP contribution in [0.1, 0.15) is 22.6 Å². The summed E-state index contributed by atoms with van der Waals surface area (Å²) in [6.07, 6.45) is 0. The molecule has 3 atom stereocenters. The molecule has 0 unspecified atom stereocenters. The number of benzene rings is 3. The minimum Gasteiger partial charge on any atom is -0.493 e. The lowest BCUT2D eigenvalue weighted by molar-refractivity contribution is -0.143. The van der Waals surface area contributed by atoms with E-state index in [1.54, 1.807) is 14.2 Å². The van der Waals surface area contributed by atoms with Gasteiger partial charge in [0.2, 0.25) is 12.5 Å². The van der Waals surface area contributed by atoms with Crippen LogP contribution in [0.15, 0.2) is 59.7 Å². The van der Waals surface area contributed by atoms with Gasteiger partial charge in [-0.05, 0) is 47.5 Å². The first kappa shape index (κ1) is 23.0. The molecule has 0 spiro atoms. The molecule has 0 saturated heterocycles. The summed E-state index contributed by atoms with van der Waals surface area (Å²) in [6, 6.07) is 17.2. The van der Waals surface area contributed by atoms with Crippen LogP contribution in [-0.4, -0.2) is 51.5 Å². The largest absolute Gasteiger partial charge is 0.493 e. The summed E-state index contributed by atoms with van der Waals surface area (Å²) < 4.78 is 28.1. The fraction of sp³-hybridized carbons (Fsp3) is 0.286. The molecule has 3 aromatic carbocycles. The van der Waals surface area contributed by atoms with E-state index in [0.29, 0.717) is 35.3 Å². The minimum absolute atomic E-state index is 0.113. The van der Waals surface area contributed by atoms with Crippen molar-refractivity contribution >= 4 is 17.4 Å². The third-order valence-corrected chi connectivity index (χ3v) is 7.28. The number of fused-ring (bicyclic) bond motifs is 4. The molecule has 0 aromatic heterocycles. The van der Waals surface area contributed by atoms with Gasteiger partial charge in [-0.25, -0.2) is 0 Å². The number of aliphatic carboxylic acids is 1. The first-order valence-electron chi connectivity index (χ1n) is 11.9. The van der Waals surface area contributed by atoms with Crippen molar-refractivity contribution in [3.05, 3.63) is 71.3 Å². The van der Waals surface area contributed by atoms with Crippen LogP contribution in [0.25, 0.3) is 0 Å². The molecule has 0 saturated carbocycles. The highest BCUT2D eigenvalue weighted by atomic mass is 16.7. The number of carbonyl (C=O) groups is 1. The van der Waals surface area contributed by atoms with Crippen molar-refractivity contribution in [1.82, 2.24) is 0 Å². The minimum atomic E-state index is -0.908. The van der Waals surface area contributed by atoms with E-state index in [4.69, 9.17) is 28.8 Å². The zero-order valence-electron chi connectivity index (χ0n) is 20.6. The SMILES string of the molecule is COc1cc([C@H]2c3cc4c(cc3C3=NN(c5ccccc5)C[C@H]3[C@@H]2C(=O)O)OCO4)cc(OC)c1OC. The van der Waals surface area contributed by atoms with E-state index in [2.05, 4.69) is 0 Å². The molecule has 1 N–H and O–H groups in total. The maximum atomic E-state index is 13.0. The smallest absolute Gasteiger partial charge is 0.308 e. The van der Waals surface area contributed by atoms with Crippen molar-refractivity contribution in [2.75, 3.05) is 39.7 Å². The summed E-state index contributed by atoms with van der Waals surface area (Å²) in [7, 11) is 4.63. The summed E-state index contributed by atoms with van der Waals surface area (Å²) in [5, 5.41) is 17.4. The second-order valence-electron chi connectivity index (χ2n) is 9.10. The first-order valence-corrected chi connectivity index (χ1v) is 11.9. The molecular weight excluding hydrogens is 476 g/mol. The molecule has 3 aromatic rings. The maximum absolute atomic E-state index is 13.0. The summed E-state index contributed by atoms with van der Waals surface area (Å²) in [6.45, 7) is 0.548. The Labute approximate surface area is 213 Å². The Balaban J connectivity index is 1.57. The molecule has 37 heavy (non-hydrogen) atoms. The third-order valence-electron chi connectivity index (χ3n) is 7.28. The quantitative estimate of drug-likeness (QED) is 0.537. The fourth-order valence-electron chi connectivity index (χ4n) is 5.66. The Morgan fingerprint density at radius 1 is 0.973 bits per heavy atom. The number of rotatable bonds is 6. The molecule has 6 rings (SSSR count). The van der Waals surface area contributed by atoms with Gasteiger partial charge in [-0.1, -0.05) is 18.2 Å². The molecule has 2 aliphatic heterocycles. The molecule has 9 nitrogen and oxygen atoms in total. The molecule has 0 bridgehead atoms. The van der Waals surface area contributed by atoms with E-state index < -0.39 is 17.8 Å². The zero-order valence-corrected chi connectivity index (χ0v) is 20.6. The average Bonchev–Trinajstić information content (AvgIpc) is 3.57. The molecule has 3 aliphatic rings. The van der Waals surface area contributed by atoms with Crippen LogP contribution in [0, 0.1) is 11.8 Å². The van der Waals surface area contributed by atoms with Crippen molar-refractivity contribution in [2.45, 2.75) is 5.92 Å². The average molecular weight is 503 g/mol. The summed E-state index contributed by atoms with van der Waals surface area (Å²) in [5.41, 5.74) is 4.02. The lowest BCUT2D eigenvalue weighted by Crippen LogP contribution is -2.41. The number of anilines is 1. The number of hydrogen-bond acceptors (Lipinski definition) is 8. The Morgan fingerprint density at radius 2 is 1.65 bits per heavy atom. The van der Waals surface area contributed by atoms with Gasteiger partial charge in [-0.15, -0.1) is 0 Å². The predicted molar refractivity (Wildman–Crippen MR) is 135 cm³/mol. The molecule has 190 valence electrons. The van der Waals surface area contributed by atoms with Crippen molar-refractivity contribution in [3.63, 3.8) is 0 Å². The van der Waals surface area contributed by atoms with Gasteiger partial charge in [0.25, 0.3) is 0 Å². The lowest BCUT2D eigenvalue weighted by atomic mass is 9.65. The number of ether oxygens (including phenoxy) is 5. The van der Waals surface area contributed by atoms with Crippen molar-refractivity contribution < 1.29 is 33.6 Å². The molecule has 2 heterocycles. The van der Waals surface area contributed by atoms with Crippen LogP contribution in [0.5, 0.6) is 28.7 Å². The van der Waals surface area contributed by atoms with Crippen LogP contribution in [0.3, 0.4) is 0 Å². The van der Waals surface area contributed by atoms with Gasteiger partial charge in [0.05, 0.1) is 45.2 Å². The monoisotopic (exact) mass is 502 g/mol. The van der Waals surface area contributed by atoms with E-state index >= 15 is 0 Å². The number of nitrogens with zero attached hydrogens (tertiary/aromatic N) is 2. The Hall–Kier alpha value is -4.40. The predicted octanol–water partition coefficient (Wildman–Crippen LogP) is 4.13. The normalized spacial score (nSPS) is 21.1. The van der Waals surface area contributed by atoms with Gasteiger partial charge in [-0.3, -0.25) is 9.80 Å². The van der Waals surface area contributed by atoms with E-state index in [-0.39, 0.29) is 12.7 Å². The first-order chi connectivity index (χ1) is 18.0. The van der Waals surface area contributed by atoms with E-state index in [1.165, 1.54) is 7.11 Å². The van der Waals surface area contributed by atoms with Gasteiger partial charge < -0.3 is 28.8 Å². The number of hydrazone groups is 1. The van der Waals surface area contributed by atoms with E-state index in [0.717, 1.165) is 28.1 Å².